The molecule has 0 amide bonds. The van der Waals surface area contributed by atoms with Crippen LogP contribution >= 0.6 is 11.3 Å². The van der Waals surface area contributed by atoms with Crippen molar-refractivity contribution in [2.45, 2.75) is 30.4 Å². The maximum absolute atomic E-state index is 12.1. The molecule has 0 spiro atoms. The van der Waals surface area contributed by atoms with Crippen molar-refractivity contribution < 1.29 is 13.5 Å². The lowest BCUT2D eigenvalue weighted by atomic mass is 10.2. The zero-order valence-corrected chi connectivity index (χ0v) is 11.9. The highest BCUT2D eigenvalue weighted by molar-refractivity contribution is 7.89. The second-order valence-electron chi connectivity index (χ2n) is 4.49. The zero-order chi connectivity index (χ0) is 13.2. The molecule has 7 heteroatoms. The average molecular weight is 290 g/mol. The zero-order valence-electron chi connectivity index (χ0n) is 10.3. The predicted octanol–water partition coefficient (Wildman–Crippen LogP) is 0.613. The minimum atomic E-state index is -3.50. The Morgan fingerprint density at radius 3 is 3.00 bits per heavy atom. The van der Waals surface area contributed by atoms with E-state index in [1.54, 1.807) is 5.38 Å². The van der Waals surface area contributed by atoms with Crippen LogP contribution < -0.4 is 4.72 Å². The summed E-state index contributed by atoms with van der Waals surface area (Å²) in [5.41, 5.74) is 0. The molecule has 1 aromatic heterocycles. The van der Waals surface area contributed by atoms with Gasteiger partial charge in [-0.15, -0.1) is 11.3 Å². The molecule has 5 nitrogen and oxygen atoms in total. The maximum Gasteiger partial charge on any atom is 0.241 e. The molecule has 1 aliphatic heterocycles. The maximum atomic E-state index is 12.1. The largest absolute Gasteiger partial charge is 0.391 e. The van der Waals surface area contributed by atoms with Gasteiger partial charge in [-0.1, -0.05) is 0 Å². The van der Waals surface area contributed by atoms with Gasteiger partial charge in [-0.25, -0.2) is 13.1 Å². The van der Waals surface area contributed by atoms with E-state index < -0.39 is 10.0 Å². The van der Waals surface area contributed by atoms with Gasteiger partial charge in [0.2, 0.25) is 10.0 Å². The van der Waals surface area contributed by atoms with Crippen LogP contribution in [0.5, 0.6) is 0 Å². The first-order valence-corrected chi connectivity index (χ1v) is 8.28. The minimum Gasteiger partial charge on any atom is -0.391 e. The van der Waals surface area contributed by atoms with Crippen molar-refractivity contribution in [2.75, 3.05) is 20.1 Å². The molecule has 0 radical (unpaired) electrons. The highest BCUT2D eigenvalue weighted by Crippen LogP contribution is 2.22. The van der Waals surface area contributed by atoms with E-state index in [4.69, 9.17) is 5.11 Å². The molecule has 1 aliphatic rings. The van der Waals surface area contributed by atoms with Gasteiger partial charge in [0.1, 0.15) is 0 Å². The first kappa shape index (κ1) is 14.0. The topological polar surface area (TPSA) is 69.6 Å². The standard InChI is InChI=1S/C11H18N2O3S2/c1-13-5-2-3-9(13)7-12-18(15,16)11-4-6-17-10(11)8-14/h4,6,9,12,14H,2-3,5,7-8H2,1H3. The third-order valence-corrected chi connectivity index (χ3v) is 5.86. The van der Waals surface area contributed by atoms with Crippen LogP contribution in [-0.4, -0.2) is 44.6 Å². The van der Waals surface area contributed by atoms with E-state index in [-0.39, 0.29) is 17.5 Å². The van der Waals surface area contributed by atoms with E-state index in [1.165, 1.54) is 17.4 Å². The number of hydrogen-bond acceptors (Lipinski definition) is 5. The van der Waals surface area contributed by atoms with Crippen molar-refractivity contribution in [2.24, 2.45) is 0 Å². The fraction of sp³-hybridized carbons (Fsp3) is 0.636. The molecule has 2 N–H and O–H groups in total. The number of hydrogen-bond donors (Lipinski definition) is 2. The Bertz CT molecular complexity index is 498. The molecule has 18 heavy (non-hydrogen) atoms. The summed E-state index contributed by atoms with van der Waals surface area (Å²) in [6.07, 6.45) is 2.14. The molecule has 0 saturated carbocycles. The average Bonchev–Trinajstić information content (AvgIpc) is 2.95. The molecule has 0 aliphatic carbocycles. The van der Waals surface area contributed by atoms with Gasteiger partial charge in [0, 0.05) is 17.5 Å². The van der Waals surface area contributed by atoms with Crippen molar-refractivity contribution in [1.82, 2.24) is 9.62 Å². The third-order valence-electron chi connectivity index (χ3n) is 3.32. The SMILES string of the molecule is CN1CCCC1CNS(=O)(=O)c1ccsc1CO. The van der Waals surface area contributed by atoms with E-state index in [0.717, 1.165) is 19.4 Å². The van der Waals surface area contributed by atoms with Crippen LogP contribution in [0.25, 0.3) is 0 Å². The molecule has 1 fully saturated rings. The summed E-state index contributed by atoms with van der Waals surface area (Å²) >= 11 is 1.26. The Balaban J connectivity index is 2.03. The summed E-state index contributed by atoms with van der Waals surface area (Å²) in [6, 6.07) is 1.81. The van der Waals surface area contributed by atoms with Gasteiger partial charge in [0.25, 0.3) is 0 Å². The van der Waals surface area contributed by atoms with Crippen LogP contribution in [-0.2, 0) is 16.6 Å². The van der Waals surface area contributed by atoms with E-state index in [9.17, 15) is 8.42 Å². The van der Waals surface area contributed by atoms with Gasteiger partial charge >= 0.3 is 0 Å². The first-order chi connectivity index (χ1) is 8.54. The van der Waals surface area contributed by atoms with Gasteiger partial charge in [0.05, 0.1) is 11.5 Å². The lowest BCUT2D eigenvalue weighted by Crippen LogP contribution is -2.38. The number of likely N-dealkylation sites (tertiary alicyclic amines) is 1. The first-order valence-electron chi connectivity index (χ1n) is 5.91. The second-order valence-corrected chi connectivity index (χ2v) is 7.23. The summed E-state index contributed by atoms with van der Waals surface area (Å²) < 4.78 is 26.8. The van der Waals surface area contributed by atoms with Crippen LogP contribution in [0.15, 0.2) is 16.3 Å². The van der Waals surface area contributed by atoms with Crippen molar-refractivity contribution in [3.8, 4) is 0 Å². The number of nitrogens with zero attached hydrogens (tertiary/aromatic N) is 1. The van der Waals surface area contributed by atoms with E-state index in [0.29, 0.717) is 11.4 Å². The van der Waals surface area contributed by atoms with Gasteiger partial charge in [-0.2, -0.15) is 0 Å². The molecular formula is C11H18N2O3S2. The molecule has 2 rings (SSSR count). The Hall–Kier alpha value is -0.470. The highest BCUT2D eigenvalue weighted by atomic mass is 32.2. The minimum absolute atomic E-state index is 0.204. The summed E-state index contributed by atoms with van der Waals surface area (Å²) in [7, 11) is -1.49. The predicted molar refractivity (Wildman–Crippen MR) is 71.1 cm³/mol. The summed E-state index contributed by atoms with van der Waals surface area (Å²) in [5, 5.41) is 10.8. The number of nitrogens with one attached hydrogen (secondary N) is 1. The number of likely N-dealkylation sites (N-methyl/N-ethyl adjacent to an activating group) is 1. The van der Waals surface area contributed by atoms with Gasteiger partial charge in [-0.3, -0.25) is 0 Å². The van der Waals surface area contributed by atoms with Crippen LogP contribution in [0.4, 0.5) is 0 Å². The summed E-state index contributed by atoms with van der Waals surface area (Å²) in [5.74, 6) is 0. The highest BCUT2D eigenvalue weighted by Gasteiger charge is 2.25. The molecule has 1 saturated heterocycles. The van der Waals surface area contributed by atoms with Gasteiger partial charge in [-0.05, 0) is 37.9 Å². The lowest BCUT2D eigenvalue weighted by molar-refractivity contribution is 0.282. The smallest absolute Gasteiger partial charge is 0.241 e. The lowest BCUT2D eigenvalue weighted by Gasteiger charge is -2.19. The molecule has 1 unspecified atom stereocenters. The Labute approximate surface area is 111 Å². The van der Waals surface area contributed by atoms with Crippen molar-refractivity contribution in [3.05, 3.63) is 16.3 Å². The monoisotopic (exact) mass is 290 g/mol. The molecular weight excluding hydrogens is 272 g/mol. The fourth-order valence-corrected chi connectivity index (χ4v) is 4.57. The van der Waals surface area contributed by atoms with E-state index >= 15 is 0 Å². The Morgan fingerprint density at radius 2 is 2.39 bits per heavy atom. The van der Waals surface area contributed by atoms with Gasteiger partial charge < -0.3 is 10.0 Å². The number of aliphatic hydroxyl groups excluding tert-OH is 1. The Morgan fingerprint density at radius 1 is 1.61 bits per heavy atom. The van der Waals surface area contributed by atoms with Crippen LogP contribution in [0.2, 0.25) is 0 Å². The van der Waals surface area contributed by atoms with E-state index in [1.807, 2.05) is 7.05 Å². The Kier molecular flexibility index (Phi) is 4.39. The number of rotatable bonds is 5. The van der Waals surface area contributed by atoms with Crippen LogP contribution in [0, 0.1) is 0 Å². The molecule has 1 aromatic rings. The molecule has 0 bridgehead atoms. The number of aliphatic hydroxyl groups is 1. The van der Waals surface area contributed by atoms with Crippen LogP contribution in [0.3, 0.4) is 0 Å². The third kappa shape index (κ3) is 2.92. The molecule has 0 aromatic carbocycles. The molecule has 2 heterocycles. The summed E-state index contributed by atoms with van der Waals surface area (Å²) in [6.45, 7) is 1.21. The quantitative estimate of drug-likeness (QED) is 0.834. The molecule has 102 valence electrons. The number of sulfonamides is 1. The normalized spacial score (nSPS) is 21.6. The van der Waals surface area contributed by atoms with Crippen molar-refractivity contribution in [3.63, 3.8) is 0 Å². The summed E-state index contributed by atoms with van der Waals surface area (Å²) in [4.78, 5) is 2.86. The van der Waals surface area contributed by atoms with Crippen molar-refractivity contribution >= 4 is 21.4 Å². The van der Waals surface area contributed by atoms with Crippen molar-refractivity contribution in [1.29, 1.82) is 0 Å². The number of thiophene rings is 1. The second kappa shape index (κ2) is 5.66. The van der Waals surface area contributed by atoms with Gasteiger partial charge in [0.15, 0.2) is 0 Å². The fourth-order valence-electron chi connectivity index (χ4n) is 2.20. The van der Waals surface area contributed by atoms with E-state index in [2.05, 4.69) is 9.62 Å². The van der Waals surface area contributed by atoms with Crippen LogP contribution in [0.1, 0.15) is 17.7 Å². The molecule has 1 atom stereocenters.